The van der Waals surface area contributed by atoms with Crippen molar-refractivity contribution in [2.24, 2.45) is 0 Å². The van der Waals surface area contributed by atoms with E-state index in [1.807, 2.05) is 48.3 Å². The number of benzene rings is 1. The Morgan fingerprint density at radius 2 is 1.83 bits per heavy atom. The highest BCUT2D eigenvalue weighted by Crippen LogP contribution is 2.30. The molecule has 23 heavy (non-hydrogen) atoms. The second-order valence-electron chi connectivity index (χ2n) is 5.57. The fraction of sp³-hybridized carbons (Fsp3) is 0.353. The van der Waals surface area contributed by atoms with E-state index in [0.29, 0.717) is 6.04 Å². The van der Waals surface area contributed by atoms with Crippen LogP contribution in [0.15, 0.2) is 36.4 Å². The molecule has 1 amide bonds. The lowest BCUT2D eigenvalue weighted by molar-refractivity contribution is 0.0708. The van der Waals surface area contributed by atoms with E-state index in [9.17, 15) is 4.79 Å². The largest absolute Gasteiger partial charge is 0.338 e. The van der Waals surface area contributed by atoms with Crippen molar-refractivity contribution in [1.82, 2.24) is 10.2 Å². The van der Waals surface area contributed by atoms with Crippen LogP contribution in [0.4, 0.5) is 0 Å². The summed E-state index contributed by atoms with van der Waals surface area (Å²) in [6.45, 7) is 1.98. The van der Waals surface area contributed by atoms with E-state index in [4.69, 9.17) is 11.6 Å². The standard InChI is InChI=1S/C17H19ClN2OS.ClH/c1-20(14-8-10-19-11-9-14)17(21)16-7-6-15(22-16)12-2-4-13(18)5-3-12;/h2-7,14,19H,8-11H2,1H3;1H. The fourth-order valence-corrected chi connectivity index (χ4v) is 3.88. The molecule has 1 aromatic heterocycles. The number of hydrogen-bond donors (Lipinski definition) is 1. The van der Waals surface area contributed by atoms with Crippen molar-refractivity contribution in [3.63, 3.8) is 0 Å². The molecule has 3 rings (SSSR count). The van der Waals surface area contributed by atoms with Crippen LogP contribution in [-0.4, -0.2) is 37.0 Å². The number of hydrogen-bond acceptors (Lipinski definition) is 3. The smallest absolute Gasteiger partial charge is 0.263 e. The first-order chi connectivity index (χ1) is 10.6. The summed E-state index contributed by atoms with van der Waals surface area (Å²) in [6, 6.07) is 12.0. The van der Waals surface area contributed by atoms with Crippen LogP contribution in [0.1, 0.15) is 22.5 Å². The molecule has 0 radical (unpaired) electrons. The van der Waals surface area contributed by atoms with Crippen LogP contribution in [0.25, 0.3) is 10.4 Å². The Kier molecular flexibility index (Phi) is 6.48. The number of carbonyl (C=O) groups excluding carboxylic acids is 1. The lowest BCUT2D eigenvalue weighted by Crippen LogP contribution is -2.43. The van der Waals surface area contributed by atoms with Gasteiger partial charge < -0.3 is 10.2 Å². The fourth-order valence-electron chi connectivity index (χ4n) is 2.76. The number of nitrogens with one attached hydrogen (secondary N) is 1. The predicted molar refractivity (Wildman–Crippen MR) is 100.0 cm³/mol. The Bertz CT molecular complexity index is 651. The Hall–Kier alpha value is -1.07. The molecule has 1 fully saturated rings. The molecule has 1 saturated heterocycles. The zero-order valence-electron chi connectivity index (χ0n) is 12.9. The highest BCUT2D eigenvalue weighted by Gasteiger charge is 2.23. The molecule has 1 aliphatic rings. The van der Waals surface area contributed by atoms with E-state index in [1.165, 1.54) is 0 Å². The maximum Gasteiger partial charge on any atom is 0.263 e. The van der Waals surface area contributed by atoms with Crippen molar-refractivity contribution >= 4 is 41.3 Å². The van der Waals surface area contributed by atoms with Crippen LogP contribution < -0.4 is 5.32 Å². The zero-order valence-corrected chi connectivity index (χ0v) is 15.3. The summed E-state index contributed by atoms with van der Waals surface area (Å²) in [7, 11) is 1.92. The lowest BCUT2D eigenvalue weighted by atomic mass is 10.1. The summed E-state index contributed by atoms with van der Waals surface area (Å²) >= 11 is 7.46. The molecular weight excluding hydrogens is 351 g/mol. The molecule has 1 N–H and O–H groups in total. The van der Waals surface area contributed by atoms with Gasteiger partial charge in [0.2, 0.25) is 0 Å². The Labute approximate surface area is 152 Å². The molecule has 2 heterocycles. The van der Waals surface area contributed by atoms with Gasteiger partial charge >= 0.3 is 0 Å². The maximum atomic E-state index is 12.6. The van der Waals surface area contributed by atoms with Crippen molar-refractivity contribution in [1.29, 1.82) is 0 Å². The highest BCUT2D eigenvalue weighted by atomic mass is 35.5. The van der Waals surface area contributed by atoms with E-state index in [2.05, 4.69) is 5.32 Å². The molecule has 0 unspecified atom stereocenters. The van der Waals surface area contributed by atoms with Crippen molar-refractivity contribution in [3.8, 4) is 10.4 Å². The number of piperidine rings is 1. The van der Waals surface area contributed by atoms with Crippen molar-refractivity contribution < 1.29 is 4.79 Å². The minimum absolute atomic E-state index is 0. The third-order valence-corrected chi connectivity index (χ3v) is 5.50. The molecule has 0 bridgehead atoms. The van der Waals surface area contributed by atoms with Gasteiger partial charge in [-0.1, -0.05) is 23.7 Å². The van der Waals surface area contributed by atoms with Crippen LogP contribution in [0.5, 0.6) is 0 Å². The van der Waals surface area contributed by atoms with Crippen LogP contribution >= 0.6 is 35.3 Å². The molecule has 0 spiro atoms. The SMILES string of the molecule is CN(C(=O)c1ccc(-c2ccc(Cl)cc2)s1)C1CCNCC1.Cl. The molecular formula is C17H20Cl2N2OS. The summed E-state index contributed by atoms with van der Waals surface area (Å²) in [4.78, 5) is 16.4. The Morgan fingerprint density at radius 3 is 2.48 bits per heavy atom. The molecule has 1 aromatic carbocycles. The number of thiophene rings is 1. The summed E-state index contributed by atoms with van der Waals surface area (Å²) in [5, 5.41) is 4.06. The van der Waals surface area contributed by atoms with Crippen molar-refractivity contribution in [3.05, 3.63) is 46.3 Å². The van der Waals surface area contributed by atoms with Gasteiger partial charge in [0, 0.05) is 23.0 Å². The molecule has 1 aliphatic heterocycles. The minimum Gasteiger partial charge on any atom is -0.338 e. The second kappa shape index (κ2) is 8.15. The van der Waals surface area contributed by atoms with Gasteiger partial charge in [-0.05, 0) is 55.8 Å². The molecule has 6 heteroatoms. The third-order valence-electron chi connectivity index (χ3n) is 4.12. The average Bonchev–Trinajstić information content (AvgIpc) is 3.05. The molecule has 2 aromatic rings. The monoisotopic (exact) mass is 370 g/mol. The van der Waals surface area contributed by atoms with Crippen molar-refractivity contribution in [2.45, 2.75) is 18.9 Å². The predicted octanol–water partition coefficient (Wildman–Crippen LogP) is 4.31. The minimum atomic E-state index is 0. The van der Waals surface area contributed by atoms with Gasteiger partial charge in [-0.3, -0.25) is 4.79 Å². The Balaban J connectivity index is 0.00000192. The second-order valence-corrected chi connectivity index (χ2v) is 7.09. The summed E-state index contributed by atoms with van der Waals surface area (Å²) in [6.07, 6.45) is 2.05. The van der Waals surface area contributed by atoms with E-state index in [1.54, 1.807) is 11.3 Å². The van der Waals surface area contributed by atoms with Gasteiger partial charge in [-0.15, -0.1) is 23.7 Å². The summed E-state index contributed by atoms with van der Waals surface area (Å²) in [5.74, 6) is 0.122. The Morgan fingerprint density at radius 1 is 1.17 bits per heavy atom. The molecule has 124 valence electrons. The first-order valence-electron chi connectivity index (χ1n) is 7.49. The molecule has 3 nitrogen and oxygen atoms in total. The van der Waals surface area contributed by atoms with Gasteiger partial charge in [0.1, 0.15) is 0 Å². The van der Waals surface area contributed by atoms with Crippen LogP contribution in [0.2, 0.25) is 5.02 Å². The van der Waals surface area contributed by atoms with Crippen LogP contribution in [-0.2, 0) is 0 Å². The van der Waals surface area contributed by atoms with Crippen LogP contribution in [0, 0.1) is 0 Å². The molecule has 0 atom stereocenters. The normalized spacial score (nSPS) is 15.0. The molecule has 0 saturated carbocycles. The van der Waals surface area contributed by atoms with Gasteiger partial charge in [0.05, 0.1) is 4.88 Å². The highest BCUT2D eigenvalue weighted by molar-refractivity contribution is 7.17. The summed E-state index contributed by atoms with van der Waals surface area (Å²) in [5.41, 5.74) is 1.10. The molecule has 0 aliphatic carbocycles. The van der Waals surface area contributed by atoms with Gasteiger partial charge in [0.25, 0.3) is 5.91 Å². The quantitative estimate of drug-likeness (QED) is 0.872. The maximum absolute atomic E-state index is 12.6. The van der Waals surface area contributed by atoms with E-state index in [-0.39, 0.29) is 18.3 Å². The third kappa shape index (κ3) is 4.27. The number of nitrogens with zero attached hydrogens (tertiary/aromatic N) is 1. The average molecular weight is 371 g/mol. The van der Waals surface area contributed by atoms with Crippen molar-refractivity contribution in [2.75, 3.05) is 20.1 Å². The zero-order chi connectivity index (χ0) is 15.5. The van der Waals surface area contributed by atoms with Crippen LogP contribution in [0.3, 0.4) is 0 Å². The van der Waals surface area contributed by atoms with Gasteiger partial charge in [-0.2, -0.15) is 0 Å². The van der Waals surface area contributed by atoms with E-state index < -0.39 is 0 Å². The van der Waals surface area contributed by atoms with Gasteiger partial charge in [0.15, 0.2) is 0 Å². The number of amides is 1. The first-order valence-corrected chi connectivity index (χ1v) is 8.68. The topological polar surface area (TPSA) is 32.3 Å². The summed E-state index contributed by atoms with van der Waals surface area (Å²) < 4.78 is 0. The van der Waals surface area contributed by atoms with Gasteiger partial charge in [-0.25, -0.2) is 0 Å². The van der Waals surface area contributed by atoms with E-state index in [0.717, 1.165) is 46.3 Å². The number of rotatable bonds is 3. The lowest BCUT2D eigenvalue weighted by Gasteiger charge is -2.31. The number of halogens is 2. The van der Waals surface area contributed by atoms with E-state index >= 15 is 0 Å². The first kappa shape index (κ1) is 18.3. The number of carbonyl (C=O) groups is 1.